The van der Waals surface area contributed by atoms with Crippen LogP contribution in [0.4, 0.5) is 5.82 Å². The molecular formula is C10H17N3. The first kappa shape index (κ1) is 8.60. The van der Waals surface area contributed by atoms with E-state index in [1.165, 1.54) is 25.7 Å². The third-order valence-corrected chi connectivity index (χ3v) is 3.03. The van der Waals surface area contributed by atoms with E-state index in [0.717, 1.165) is 11.7 Å². The van der Waals surface area contributed by atoms with Crippen molar-refractivity contribution in [2.24, 2.45) is 5.92 Å². The molecule has 3 heteroatoms. The maximum Gasteiger partial charge on any atom is 0.121 e. The molecule has 0 aliphatic heterocycles. The van der Waals surface area contributed by atoms with Gasteiger partial charge in [0.05, 0.1) is 12.2 Å². The first-order chi connectivity index (χ1) is 6.27. The lowest BCUT2D eigenvalue weighted by Crippen LogP contribution is -2.19. The van der Waals surface area contributed by atoms with Gasteiger partial charge < -0.3 is 5.73 Å². The van der Waals surface area contributed by atoms with E-state index in [9.17, 15) is 0 Å². The Balaban J connectivity index is 2.06. The zero-order valence-electron chi connectivity index (χ0n) is 8.11. The molecule has 0 bridgehead atoms. The molecule has 1 aromatic rings. The van der Waals surface area contributed by atoms with Gasteiger partial charge in [-0.25, -0.2) is 4.68 Å². The molecule has 0 radical (unpaired) electrons. The van der Waals surface area contributed by atoms with E-state index >= 15 is 0 Å². The van der Waals surface area contributed by atoms with Crippen LogP contribution in [0.1, 0.15) is 38.6 Å². The Morgan fingerprint density at radius 2 is 2.08 bits per heavy atom. The number of hydrogen-bond acceptors (Lipinski definition) is 2. The van der Waals surface area contributed by atoms with E-state index in [1.807, 2.05) is 10.7 Å². The van der Waals surface area contributed by atoms with Crippen LogP contribution in [-0.4, -0.2) is 9.78 Å². The van der Waals surface area contributed by atoms with Gasteiger partial charge >= 0.3 is 0 Å². The van der Waals surface area contributed by atoms with E-state index in [1.54, 1.807) is 6.20 Å². The SMILES string of the molecule is CC1CCC(n2nccc2N)CC1. The molecular weight excluding hydrogens is 162 g/mol. The van der Waals surface area contributed by atoms with Crippen molar-refractivity contribution in [2.75, 3.05) is 5.73 Å². The fourth-order valence-electron chi connectivity index (χ4n) is 2.12. The normalized spacial score (nSPS) is 29.0. The fourth-order valence-corrected chi connectivity index (χ4v) is 2.12. The molecule has 72 valence electrons. The highest BCUT2D eigenvalue weighted by Crippen LogP contribution is 2.32. The standard InChI is InChI=1S/C10H17N3/c1-8-2-4-9(5-3-8)13-10(11)6-7-12-13/h6-9H,2-5,11H2,1H3. The molecule has 2 rings (SSSR count). The summed E-state index contributed by atoms with van der Waals surface area (Å²) in [6.45, 7) is 2.32. The first-order valence-electron chi connectivity index (χ1n) is 5.06. The third-order valence-electron chi connectivity index (χ3n) is 3.03. The Bertz CT molecular complexity index is 271. The van der Waals surface area contributed by atoms with E-state index in [4.69, 9.17) is 5.73 Å². The molecule has 1 aliphatic carbocycles. The number of anilines is 1. The Labute approximate surface area is 78.9 Å². The van der Waals surface area contributed by atoms with E-state index in [2.05, 4.69) is 12.0 Å². The summed E-state index contributed by atoms with van der Waals surface area (Å²) in [5.74, 6) is 1.69. The van der Waals surface area contributed by atoms with Crippen LogP contribution in [-0.2, 0) is 0 Å². The topological polar surface area (TPSA) is 43.8 Å². The molecule has 13 heavy (non-hydrogen) atoms. The zero-order chi connectivity index (χ0) is 9.26. The lowest BCUT2D eigenvalue weighted by Gasteiger charge is -2.26. The van der Waals surface area contributed by atoms with Crippen molar-refractivity contribution in [3.8, 4) is 0 Å². The van der Waals surface area contributed by atoms with Crippen molar-refractivity contribution in [1.82, 2.24) is 9.78 Å². The smallest absolute Gasteiger partial charge is 0.121 e. The molecule has 0 unspecified atom stereocenters. The summed E-state index contributed by atoms with van der Waals surface area (Å²) in [5.41, 5.74) is 5.81. The minimum absolute atomic E-state index is 0.547. The van der Waals surface area contributed by atoms with Gasteiger partial charge in [-0.2, -0.15) is 5.10 Å². The monoisotopic (exact) mass is 179 g/mol. The van der Waals surface area contributed by atoms with Crippen LogP contribution in [0.15, 0.2) is 12.3 Å². The number of hydrogen-bond donors (Lipinski definition) is 1. The molecule has 3 nitrogen and oxygen atoms in total. The van der Waals surface area contributed by atoms with E-state index < -0.39 is 0 Å². The van der Waals surface area contributed by atoms with Gasteiger partial charge in [0.15, 0.2) is 0 Å². The summed E-state index contributed by atoms with van der Waals surface area (Å²) < 4.78 is 1.98. The lowest BCUT2D eigenvalue weighted by atomic mass is 9.87. The van der Waals surface area contributed by atoms with Gasteiger partial charge in [-0.05, 0) is 37.7 Å². The average molecular weight is 179 g/mol. The highest BCUT2D eigenvalue weighted by atomic mass is 15.3. The van der Waals surface area contributed by atoms with Gasteiger partial charge in [0, 0.05) is 0 Å². The van der Waals surface area contributed by atoms with Crippen LogP contribution in [0.5, 0.6) is 0 Å². The molecule has 2 N–H and O–H groups in total. The van der Waals surface area contributed by atoms with Gasteiger partial charge in [-0.1, -0.05) is 6.92 Å². The quantitative estimate of drug-likeness (QED) is 0.718. The second kappa shape index (κ2) is 3.40. The minimum Gasteiger partial charge on any atom is -0.384 e. The van der Waals surface area contributed by atoms with E-state index in [0.29, 0.717) is 6.04 Å². The van der Waals surface area contributed by atoms with Crippen molar-refractivity contribution < 1.29 is 0 Å². The van der Waals surface area contributed by atoms with Crippen LogP contribution in [0, 0.1) is 5.92 Å². The van der Waals surface area contributed by atoms with Gasteiger partial charge in [0.25, 0.3) is 0 Å². The number of nitrogens with two attached hydrogens (primary N) is 1. The predicted molar refractivity (Wildman–Crippen MR) is 53.3 cm³/mol. The van der Waals surface area contributed by atoms with Crippen molar-refractivity contribution in [1.29, 1.82) is 0 Å². The Kier molecular flexibility index (Phi) is 2.25. The van der Waals surface area contributed by atoms with E-state index in [-0.39, 0.29) is 0 Å². The lowest BCUT2D eigenvalue weighted by molar-refractivity contribution is 0.276. The van der Waals surface area contributed by atoms with Gasteiger partial charge in [0.2, 0.25) is 0 Å². The molecule has 1 heterocycles. The predicted octanol–water partition coefficient (Wildman–Crippen LogP) is 2.22. The largest absolute Gasteiger partial charge is 0.384 e. The maximum absolute atomic E-state index is 5.81. The van der Waals surface area contributed by atoms with Crippen molar-refractivity contribution >= 4 is 5.82 Å². The molecule has 1 aromatic heterocycles. The molecule has 1 saturated carbocycles. The van der Waals surface area contributed by atoms with Crippen LogP contribution in [0.25, 0.3) is 0 Å². The minimum atomic E-state index is 0.547. The average Bonchev–Trinajstić information content (AvgIpc) is 2.53. The summed E-state index contributed by atoms with van der Waals surface area (Å²) in [4.78, 5) is 0. The van der Waals surface area contributed by atoms with Crippen LogP contribution >= 0.6 is 0 Å². The second-order valence-corrected chi connectivity index (χ2v) is 4.11. The van der Waals surface area contributed by atoms with Crippen molar-refractivity contribution in [3.05, 3.63) is 12.3 Å². The zero-order valence-corrected chi connectivity index (χ0v) is 8.11. The molecule has 0 atom stereocenters. The van der Waals surface area contributed by atoms with Gasteiger partial charge in [0.1, 0.15) is 5.82 Å². The molecule has 1 aliphatic rings. The Morgan fingerprint density at radius 1 is 1.38 bits per heavy atom. The number of nitrogens with zero attached hydrogens (tertiary/aromatic N) is 2. The molecule has 0 spiro atoms. The van der Waals surface area contributed by atoms with Crippen molar-refractivity contribution in [3.63, 3.8) is 0 Å². The fraction of sp³-hybridized carbons (Fsp3) is 0.700. The summed E-state index contributed by atoms with van der Waals surface area (Å²) >= 11 is 0. The number of nitrogen functional groups attached to an aromatic ring is 1. The highest BCUT2D eigenvalue weighted by molar-refractivity contribution is 5.26. The highest BCUT2D eigenvalue weighted by Gasteiger charge is 2.20. The van der Waals surface area contributed by atoms with Crippen LogP contribution < -0.4 is 5.73 Å². The summed E-state index contributed by atoms with van der Waals surface area (Å²) in [6, 6.07) is 2.42. The summed E-state index contributed by atoms with van der Waals surface area (Å²) in [6.07, 6.45) is 6.86. The second-order valence-electron chi connectivity index (χ2n) is 4.11. The Morgan fingerprint density at radius 3 is 2.62 bits per heavy atom. The molecule has 0 saturated heterocycles. The molecule has 0 amide bonds. The summed E-state index contributed by atoms with van der Waals surface area (Å²) in [5, 5.41) is 4.26. The van der Waals surface area contributed by atoms with Crippen molar-refractivity contribution in [2.45, 2.75) is 38.6 Å². The molecule has 1 fully saturated rings. The maximum atomic E-state index is 5.81. The third kappa shape index (κ3) is 1.69. The number of rotatable bonds is 1. The van der Waals surface area contributed by atoms with Crippen LogP contribution in [0.3, 0.4) is 0 Å². The van der Waals surface area contributed by atoms with Gasteiger partial charge in [-0.15, -0.1) is 0 Å². The summed E-state index contributed by atoms with van der Waals surface area (Å²) in [7, 11) is 0. The number of aromatic nitrogens is 2. The van der Waals surface area contributed by atoms with Crippen LogP contribution in [0.2, 0.25) is 0 Å². The Hall–Kier alpha value is -0.990. The molecule has 0 aromatic carbocycles. The first-order valence-corrected chi connectivity index (χ1v) is 5.06. The van der Waals surface area contributed by atoms with Gasteiger partial charge in [-0.3, -0.25) is 0 Å².